The monoisotopic (exact) mass is 467 g/mol. The first-order valence-electron chi connectivity index (χ1n) is 12.2. The zero-order valence-electron chi connectivity index (χ0n) is 20.6. The summed E-state index contributed by atoms with van der Waals surface area (Å²) in [4.78, 5) is 13.5. The van der Waals surface area contributed by atoms with Gasteiger partial charge in [-0.15, -0.1) is 0 Å². The van der Waals surface area contributed by atoms with Crippen molar-refractivity contribution in [2.24, 2.45) is 0 Å². The Morgan fingerprint density at radius 1 is 0.774 bits per heavy atom. The number of allylic oxidation sites excluding steroid dienone is 1. The van der Waals surface area contributed by atoms with E-state index in [-0.39, 0.29) is 41.2 Å². The first-order chi connectivity index (χ1) is 14.4. The van der Waals surface area contributed by atoms with E-state index in [1.54, 1.807) is 18.0 Å². The standard InChI is InChI=1S/C24H47NO4S.Na/c1-3-4-5-6-7-8-9-10-11-12-13-14-15-16-17-18-21-24(26)25(2)22-19-20-23-30(27,28)29;/h18,21H,3-17,19-20,22-23H2,1-2H3,(H,27,28,29);/q;+1/p-1/b21-18+;. The first kappa shape index (κ1) is 33.3. The van der Waals surface area contributed by atoms with Crippen LogP contribution in [0.3, 0.4) is 0 Å². The van der Waals surface area contributed by atoms with Gasteiger partial charge >= 0.3 is 29.6 Å². The van der Waals surface area contributed by atoms with Gasteiger partial charge in [0.05, 0.1) is 10.1 Å². The summed E-state index contributed by atoms with van der Waals surface area (Å²) < 4.78 is 31.6. The van der Waals surface area contributed by atoms with Gasteiger partial charge in [0, 0.05) is 19.3 Å². The Morgan fingerprint density at radius 3 is 1.68 bits per heavy atom. The number of unbranched alkanes of at least 4 members (excludes halogenated alkanes) is 15. The molecule has 0 aliphatic carbocycles. The molecule has 0 radical (unpaired) electrons. The molecule has 0 spiro atoms. The maximum atomic E-state index is 11.9. The van der Waals surface area contributed by atoms with E-state index in [4.69, 9.17) is 0 Å². The maximum absolute atomic E-state index is 11.9. The minimum absolute atomic E-state index is 0. The van der Waals surface area contributed by atoms with Crippen LogP contribution in [0.1, 0.15) is 116 Å². The number of rotatable bonds is 21. The fourth-order valence-corrected chi connectivity index (χ4v) is 4.06. The van der Waals surface area contributed by atoms with Gasteiger partial charge in [-0.3, -0.25) is 4.79 Å². The Labute approximate surface area is 214 Å². The first-order valence-corrected chi connectivity index (χ1v) is 13.8. The van der Waals surface area contributed by atoms with Gasteiger partial charge in [-0.05, 0) is 31.8 Å². The molecule has 31 heavy (non-hydrogen) atoms. The maximum Gasteiger partial charge on any atom is 1.00 e. The molecule has 0 saturated heterocycles. The molecule has 0 atom stereocenters. The van der Waals surface area contributed by atoms with E-state index in [9.17, 15) is 17.8 Å². The van der Waals surface area contributed by atoms with Crippen molar-refractivity contribution in [3.8, 4) is 0 Å². The predicted octanol–water partition coefficient (Wildman–Crippen LogP) is 3.20. The summed E-state index contributed by atoms with van der Waals surface area (Å²) in [6.07, 6.45) is 24.1. The van der Waals surface area contributed by atoms with Crippen molar-refractivity contribution >= 4 is 16.0 Å². The Hall–Kier alpha value is 0.120. The van der Waals surface area contributed by atoms with E-state index in [2.05, 4.69) is 6.92 Å². The molecule has 0 heterocycles. The number of carbonyl (C=O) groups is 1. The van der Waals surface area contributed by atoms with Crippen LogP contribution in [0.15, 0.2) is 12.2 Å². The fraction of sp³-hybridized carbons (Fsp3) is 0.875. The van der Waals surface area contributed by atoms with Crippen molar-refractivity contribution in [3.63, 3.8) is 0 Å². The van der Waals surface area contributed by atoms with Crippen LogP contribution in [-0.2, 0) is 14.9 Å². The second-order valence-corrected chi connectivity index (χ2v) is 10.0. The third-order valence-corrected chi connectivity index (χ3v) is 6.29. The van der Waals surface area contributed by atoms with Crippen molar-refractivity contribution in [2.75, 3.05) is 19.3 Å². The van der Waals surface area contributed by atoms with Crippen LogP contribution < -0.4 is 29.6 Å². The molecular weight excluding hydrogens is 421 g/mol. The van der Waals surface area contributed by atoms with E-state index in [0.717, 1.165) is 12.8 Å². The Morgan fingerprint density at radius 2 is 1.23 bits per heavy atom. The summed E-state index contributed by atoms with van der Waals surface area (Å²) in [5.41, 5.74) is 0. The predicted molar refractivity (Wildman–Crippen MR) is 126 cm³/mol. The van der Waals surface area contributed by atoms with E-state index < -0.39 is 10.1 Å². The number of hydrogen-bond donors (Lipinski definition) is 0. The molecule has 0 saturated carbocycles. The van der Waals surface area contributed by atoms with Crippen LogP contribution in [0.4, 0.5) is 0 Å². The topological polar surface area (TPSA) is 77.5 Å². The number of hydrogen-bond acceptors (Lipinski definition) is 4. The van der Waals surface area contributed by atoms with Crippen molar-refractivity contribution in [3.05, 3.63) is 12.2 Å². The molecular formula is C24H46NNaO4S. The van der Waals surface area contributed by atoms with Crippen LogP contribution in [0.5, 0.6) is 0 Å². The van der Waals surface area contributed by atoms with Crippen molar-refractivity contribution in [2.45, 2.75) is 116 Å². The minimum Gasteiger partial charge on any atom is -0.748 e. The van der Waals surface area contributed by atoms with Gasteiger partial charge in [0.25, 0.3) is 0 Å². The number of nitrogens with zero attached hydrogens (tertiary/aromatic N) is 1. The second-order valence-electron chi connectivity index (χ2n) is 8.52. The van der Waals surface area contributed by atoms with E-state index in [0.29, 0.717) is 19.4 Å². The number of amides is 1. The van der Waals surface area contributed by atoms with Gasteiger partial charge in [0.1, 0.15) is 0 Å². The molecule has 0 aliphatic rings. The summed E-state index contributed by atoms with van der Waals surface area (Å²) in [5, 5.41) is 0. The van der Waals surface area contributed by atoms with E-state index >= 15 is 0 Å². The molecule has 0 rings (SSSR count). The average molecular weight is 468 g/mol. The van der Waals surface area contributed by atoms with Crippen molar-refractivity contribution < 1.29 is 47.3 Å². The normalized spacial score (nSPS) is 11.6. The van der Waals surface area contributed by atoms with Crippen LogP contribution in [0.25, 0.3) is 0 Å². The molecule has 7 heteroatoms. The molecule has 5 nitrogen and oxygen atoms in total. The molecule has 178 valence electrons. The Kier molecular flexibility index (Phi) is 25.0. The van der Waals surface area contributed by atoms with E-state index in [1.807, 2.05) is 6.08 Å². The summed E-state index contributed by atoms with van der Waals surface area (Å²) in [5.74, 6) is -0.422. The molecule has 0 bridgehead atoms. The third kappa shape index (κ3) is 26.3. The van der Waals surface area contributed by atoms with Crippen LogP contribution in [0.2, 0.25) is 0 Å². The molecule has 0 aromatic rings. The summed E-state index contributed by atoms with van der Waals surface area (Å²) in [6, 6.07) is 0. The number of carbonyl (C=O) groups excluding carboxylic acids is 1. The van der Waals surface area contributed by atoms with Crippen molar-refractivity contribution in [1.82, 2.24) is 4.90 Å². The summed E-state index contributed by atoms with van der Waals surface area (Å²) >= 11 is 0. The van der Waals surface area contributed by atoms with Crippen molar-refractivity contribution in [1.29, 1.82) is 0 Å². The summed E-state index contributed by atoms with van der Waals surface area (Å²) in [6.45, 7) is 2.73. The molecule has 0 N–H and O–H groups in total. The zero-order valence-corrected chi connectivity index (χ0v) is 23.4. The Bertz CT molecular complexity index is 538. The fourth-order valence-electron chi connectivity index (χ4n) is 3.51. The van der Waals surface area contributed by atoms with Gasteiger partial charge in [0.2, 0.25) is 5.91 Å². The smallest absolute Gasteiger partial charge is 0.748 e. The van der Waals surface area contributed by atoms with Gasteiger partial charge in [-0.25, -0.2) is 8.42 Å². The van der Waals surface area contributed by atoms with Gasteiger partial charge < -0.3 is 9.45 Å². The van der Waals surface area contributed by atoms with E-state index in [1.165, 1.54) is 83.5 Å². The SMILES string of the molecule is CCCCCCCCCCCCCCCC/C=C/C(=O)N(C)CCCCS(=O)(=O)[O-].[Na+]. The largest absolute Gasteiger partial charge is 1.00 e. The van der Waals surface area contributed by atoms with Gasteiger partial charge in [-0.2, -0.15) is 0 Å². The van der Waals surface area contributed by atoms with Crippen LogP contribution in [-0.4, -0.2) is 43.1 Å². The minimum atomic E-state index is -4.15. The quantitative estimate of drug-likeness (QED) is 0.112. The summed E-state index contributed by atoms with van der Waals surface area (Å²) in [7, 11) is -2.45. The molecule has 0 aliphatic heterocycles. The zero-order chi connectivity index (χ0) is 22.5. The molecule has 0 fully saturated rings. The Balaban J connectivity index is 0. The van der Waals surface area contributed by atoms with Gasteiger partial charge in [-0.1, -0.05) is 96.5 Å². The van der Waals surface area contributed by atoms with Crippen LogP contribution in [0, 0.1) is 0 Å². The number of likely N-dealkylation sites (N-methyl/N-ethyl adjacent to an activating group) is 1. The molecule has 0 aromatic heterocycles. The third-order valence-electron chi connectivity index (χ3n) is 5.50. The molecule has 1 amide bonds. The second kappa shape index (κ2) is 23.3. The van der Waals surface area contributed by atoms with Gasteiger partial charge in [0.15, 0.2) is 0 Å². The van der Waals surface area contributed by atoms with Crippen LogP contribution >= 0.6 is 0 Å². The molecule has 0 unspecified atom stereocenters. The molecule has 0 aromatic carbocycles. The average Bonchev–Trinajstić information content (AvgIpc) is 2.69.